The maximum atomic E-state index is 13.6. The zero-order valence-electron chi connectivity index (χ0n) is 12.8. The lowest BCUT2D eigenvalue weighted by Gasteiger charge is -2.13. The minimum absolute atomic E-state index is 0.0939. The van der Waals surface area contributed by atoms with Gasteiger partial charge in [0.15, 0.2) is 4.77 Å². The lowest BCUT2D eigenvalue weighted by Crippen LogP contribution is -2.17. The maximum Gasteiger partial charge on any atom is 0.264 e. The lowest BCUT2D eigenvalue weighted by atomic mass is 10.1. The molecule has 0 saturated heterocycles. The summed E-state index contributed by atoms with van der Waals surface area (Å²) >= 11 is 11.0. The summed E-state index contributed by atoms with van der Waals surface area (Å²) in [4.78, 5) is 19.0. The number of nitrogens with zero attached hydrogens (tertiary/aromatic N) is 2. The van der Waals surface area contributed by atoms with E-state index < -0.39 is 17.5 Å². The fraction of sp³-hybridized carbons (Fsp3) is 0.118. The highest BCUT2D eigenvalue weighted by molar-refractivity contribution is 7.71. The molecule has 0 unspecified atom stereocenters. The quantitative estimate of drug-likeness (QED) is 0.518. The number of aromatic nitrogens is 3. The first-order valence-electron chi connectivity index (χ1n) is 7.25. The number of alkyl halides is 2. The van der Waals surface area contributed by atoms with E-state index in [0.717, 1.165) is 0 Å². The molecule has 0 atom stereocenters. The van der Waals surface area contributed by atoms with Gasteiger partial charge in [-0.1, -0.05) is 29.8 Å². The molecule has 2 heterocycles. The van der Waals surface area contributed by atoms with Gasteiger partial charge in [-0.15, -0.1) is 6.58 Å². The average Bonchev–Trinajstić information content (AvgIpc) is 2.58. The minimum atomic E-state index is -2.84. The Morgan fingerprint density at radius 2 is 2.04 bits per heavy atom. The first-order chi connectivity index (χ1) is 11.9. The van der Waals surface area contributed by atoms with Crippen LogP contribution in [0.25, 0.3) is 22.3 Å². The smallest absolute Gasteiger partial charge is 0.264 e. The van der Waals surface area contributed by atoms with Crippen molar-refractivity contribution in [3.05, 3.63) is 68.7 Å². The predicted molar refractivity (Wildman–Crippen MR) is 96.8 cm³/mol. The molecule has 1 N–H and O–H groups in total. The van der Waals surface area contributed by atoms with Gasteiger partial charge in [-0.2, -0.15) is 0 Å². The zero-order valence-corrected chi connectivity index (χ0v) is 14.4. The highest BCUT2D eigenvalue weighted by Crippen LogP contribution is 2.30. The van der Waals surface area contributed by atoms with Gasteiger partial charge < -0.3 is 0 Å². The number of H-pyrrole nitrogens is 1. The van der Waals surface area contributed by atoms with Crippen molar-refractivity contribution in [3.63, 3.8) is 0 Å². The number of pyridine rings is 1. The standard InChI is InChI=1S/C17H12ClF2N3OS/c1-2-7-23-15-13(16(24)22-17(23)25)11(14(19)20)8-12(21-15)9-3-5-10(18)6-4-9/h2-6,8,14H,1,7H2,(H,22,24,25). The van der Waals surface area contributed by atoms with Crippen LogP contribution in [0.2, 0.25) is 5.02 Å². The number of fused-ring (bicyclic) bond motifs is 1. The van der Waals surface area contributed by atoms with Crippen LogP contribution in [0.15, 0.2) is 47.8 Å². The van der Waals surface area contributed by atoms with Crippen molar-refractivity contribution in [3.8, 4) is 11.3 Å². The minimum Gasteiger partial charge on any atom is -0.299 e. The molecule has 0 aliphatic carbocycles. The first kappa shape index (κ1) is 17.4. The molecule has 0 aliphatic rings. The molecule has 8 heteroatoms. The summed E-state index contributed by atoms with van der Waals surface area (Å²) in [6.07, 6.45) is -1.29. The molecule has 0 aliphatic heterocycles. The van der Waals surface area contributed by atoms with Crippen LogP contribution in [0.4, 0.5) is 8.78 Å². The van der Waals surface area contributed by atoms with E-state index >= 15 is 0 Å². The third kappa shape index (κ3) is 3.25. The Morgan fingerprint density at radius 3 is 2.64 bits per heavy atom. The van der Waals surface area contributed by atoms with Crippen LogP contribution in [0, 0.1) is 4.77 Å². The summed E-state index contributed by atoms with van der Waals surface area (Å²) < 4.78 is 28.8. The highest BCUT2D eigenvalue weighted by Gasteiger charge is 2.20. The normalized spacial score (nSPS) is 11.2. The number of rotatable bonds is 4. The fourth-order valence-electron chi connectivity index (χ4n) is 2.54. The van der Waals surface area contributed by atoms with Gasteiger partial charge in [-0.05, 0) is 30.4 Å². The number of benzene rings is 1. The fourth-order valence-corrected chi connectivity index (χ4v) is 2.92. The molecular weight excluding hydrogens is 368 g/mol. The summed E-state index contributed by atoms with van der Waals surface area (Å²) in [7, 11) is 0. The molecule has 0 bridgehead atoms. The van der Waals surface area contributed by atoms with Crippen LogP contribution in [0.5, 0.6) is 0 Å². The third-order valence-electron chi connectivity index (χ3n) is 3.67. The van der Waals surface area contributed by atoms with Gasteiger partial charge in [-0.3, -0.25) is 14.3 Å². The molecule has 25 heavy (non-hydrogen) atoms. The lowest BCUT2D eigenvalue weighted by molar-refractivity contribution is 0.153. The molecule has 2 aromatic heterocycles. The van der Waals surface area contributed by atoms with Gasteiger partial charge in [0, 0.05) is 22.7 Å². The Morgan fingerprint density at radius 1 is 1.36 bits per heavy atom. The second kappa shape index (κ2) is 6.85. The Kier molecular flexibility index (Phi) is 4.78. The van der Waals surface area contributed by atoms with E-state index in [2.05, 4.69) is 16.5 Å². The van der Waals surface area contributed by atoms with E-state index in [1.54, 1.807) is 30.3 Å². The Balaban J connectivity index is 2.44. The van der Waals surface area contributed by atoms with E-state index in [4.69, 9.17) is 23.8 Å². The van der Waals surface area contributed by atoms with E-state index in [-0.39, 0.29) is 22.3 Å². The summed E-state index contributed by atoms with van der Waals surface area (Å²) in [5.41, 5.74) is -0.0898. The number of allylic oxidation sites excluding steroid dienone is 1. The van der Waals surface area contributed by atoms with E-state index in [9.17, 15) is 13.6 Å². The number of hydrogen-bond acceptors (Lipinski definition) is 3. The second-order valence-corrected chi connectivity index (χ2v) is 6.08. The van der Waals surface area contributed by atoms with Crippen molar-refractivity contribution in [2.24, 2.45) is 0 Å². The van der Waals surface area contributed by atoms with Crippen molar-refractivity contribution >= 4 is 34.9 Å². The van der Waals surface area contributed by atoms with Crippen LogP contribution >= 0.6 is 23.8 Å². The topological polar surface area (TPSA) is 50.7 Å². The van der Waals surface area contributed by atoms with E-state index in [1.165, 1.54) is 10.6 Å². The van der Waals surface area contributed by atoms with Crippen LogP contribution in [0.1, 0.15) is 12.0 Å². The van der Waals surface area contributed by atoms with E-state index in [1.807, 2.05) is 0 Å². The molecule has 0 spiro atoms. The van der Waals surface area contributed by atoms with Crippen LogP contribution in [-0.2, 0) is 6.54 Å². The predicted octanol–water partition coefficient (Wildman–Crippen LogP) is 4.90. The summed E-state index contributed by atoms with van der Waals surface area (Å²) in [5.74, 6) is 0. The number of halogens is 3. The zero-order chi connectivity index (χ0) is 18.1. The highest BCUT2D eigenvalue weighted by atomic mass is 35.5. The van der Waals surface area contributed by atoms with Crippen LogP contribution in [0.3, 0.4) is 0 Å². The molecule has 1 aromatic carbocycles. The van der Waals surface area contributed by atoms with Gasteiger partial charge in [0.1, 0.15) is 5.65 Å². The van der Waals surface area contributed by atoms with Crippen molar-refractivity contribution < 1.29 is 8.78 Å². The van der Waals surface area contributed by atoms with Crippen molar-refractivity contribution in [2.45, 2.75) is 13.0 Å². The summed E-state index contributed by atoms with van der Waals surface area (Å²) in [5, 5.41) is 0.341. The second-order valence-electron chi connectivity index (χ2n) is 5.26. The monoisotopic (exact) mass is 379 g/mol. The Hall–Kier alpha value is -2.38. The molecule has 3 rings (SSSR count). The molecule has 0 radical (unpaired) electrons. The molecule has 128 valence electrons. The van der Waals surface area contributed by atoms with E-state index in [0.29, 0.717) is 16.3 Å². The Labute approximate surface area is 151 Å². The molecule has 3 aromatic rings. The van der Waals surface area contributed by atoms with Gasteiger partial charge in [0.05, 0.1) is 11.1 Å². The van der Waals surface area contributed by atoms with Gasteiger partial charge in [0.25, 0.3) is 12.0 Å². The summed E-state index contributed by atoms with van der Waals surface area (Å²) in [6.45, 7) is 3.85. The molecule has 4 nitrogen and oxygen atoms in total. The van der Waals surface area contributed by atoms with Crippen LogP contribution < -0.4 is 5.56 Å². The van der Waals surface area contributed by atoms with Gasteiger partial charge in [0.2, 0.25) is 0 Å². The number of aromatic amines is 1. The first-order valence-corrected chi connectivity index (χ1v) is 8.03. The number of hydrogen-bond donors (Lipinski definition) is 1. The van der Waals surface area contributed by atoms with Gasteiger partial charge >= 0.3 is 0 Å². The van der Waals surface area contributed by atoms with Crippen molar-refractivity contribution in [1.82, 2.24) is 14.5 Å². The largest absolute Gasteiger partial charge is 0.299 e. The number of nitrogens with one attached hydrogen (secondary N) is 1. The molecule has 0 saturated carbocycles. The third-order valence-corrected chi connectivity index (χ3v) is 4.24. The van der Waals surface area contributed by atoms with Crippen molar-refractivity contribution in [1.29, 1.82) is 0 Å². The molecule has 0 amide bonds. The summed E-state index contributed by atoms with van der Waals surface area (Å²) in [6, 6.07) is 7.83. The van der Waals surface area contributed by atoms with Gasteiger partial charge in [-0.25, -0.2) is 13.8 Å². The van der Waals surface area contributed by atoms with Crippen molar-refractivity contribution in [2.75, 3.05) is 0 Å². The molecular formula is C17H12ClF2N3OS. The molecule has 0 fully saturated rings. The Bertz CT molecular complexity index is 1070. The average molecular weight is 380 g/mol. The maximum absolute atomic E-state index is 13.6. The SMILES string of the molecule is C=CCn1c(=S)[nH]c(=O)c2c(C(F)F)cc(-c3ccc(Cl)cc3)nc21. The van der Waals surface area contributed by atoms with Crippen LogP contribution in [-0.4, -0.2) is 14.5 Å².